The highest BCUT2D eigenvalue weighted by atomic mass is 16.3. The molecule has 1 aromatic heterocycles. The number of likely N-dealkylation sites (tertiary alicyclic amines) is 1. The number of hydrogen-bond donors (Lipinski definition) is 1. The Morgan fingerprint density at radius 2 is 1.85 bits per heavy atom. The zero-order valence-corrected chi connectivity index (χ0v) is 15.4. The van der Waals surface area contributed by atoms with Crippen molar-refractivity contribution in [2.24, 2.45) is 5.92 Å². The van der Waals surface area contributed by atoms with Gasteiger partial charge >= 0.3 is 0 Å². The first-order valence-electron chi connectivity index (χ1n) is 10.0. The molecule has 0 amide bonds. The third-order valence-corrected chi connectivity index (χ3v) is 6.22. The lowest BCUT2D eigenvalue weighted by molar-refractivity contribution is -0.0382. The van der Waals surface area contributed by atoms with Gasteiger partial charge in [-0.25, -0.2) is 4.98 Å². The van der Waals surface area contributed by atoms with Gasteiger partial charge in [0.25, 0.3) is 5.56 Å². The fourth-order valence-electron chi connectivity index (χ4n) is 4.58. The van der Waals surface area contributed by atoms with E-state index in [9.17, 15) is 9.90 Å². The van der Waals surface area contributed by atoms with Gasteiger partial charge in [0.2, 0.25) is 0 Å². The molecule has 1 saturated carbocycles. The maximum atomic E-state index is 12.7. The van der Waals surface area contributed by atoms with E-state index in [-0.39, 0.29) is 5.56 Å². The molecule has 0 radical (unpaired) electrons. The SMILES string of the molecule is O=c1c2ccccc2ncn1CC1(O)CCN(CC2CCCCC2)CC1. The monoisotopic (exact) mass is 355 g/mol. The number of fused-ring (bicyclic) bond motifs is 1. The largest absolute Gasteiger partial charge is 0.388 e. The number of para-hydroxylation sites is 1. The second kappa shape index (κ2) is 7.49. The summed E-state index contributed by atoms with van der Waals surface area (Å²) in [6.07, 6.45) is 9.89. The number of nitrogens with zero attached hydrogens (tertiary/aromatic N) is 3. The Balaban J connectivity index is 1.40. The molecule has 2 aliphatic rings. The van der Waals surface area contributed by atoms with E-state index in [0.29, 0.717) is 17.4 Å². The van der Waals surface area contributed by atoms with E-state index < -0.39 is 5.60 Å². The van der Waals surface area contributed by atoms with Crippen molar-refractivity contribution in [1.29, 1.82) is 0 Å². The van der Waals surface area contributed by atoms with Crippen LogP contribution in [-0.2, 0) is 6.54 Å². The zero-order chi connectivity index (χ0) is 18.0. The predicted molar refractivity (Wildman–Crippen MR) is 103 cm³/mol. The third-order valence-electron chi connectivity index (χ3n) is 6.22. The summed E-state index contributed by atoms with van der Waals surface area (Å²) in [5, 5.41) is 11.6. The summed E-state index contributed by atoms with van der Waals surface area (Å²) in [5.41, 5.74) is -0.159. The second-order valence-corrected chi connectivity index (χ2v) is 8.22. The number of benzene rings is 1. The van der Waals surface area contributed by atoms with E-state index in [1.807, 2.05) is 18.2 Å². The summed E-state index contributed by atoms with van der Waals surface area (Å²) in [6.45, 7) is 3.35. The molecule has 2 aromatic rings. The van der Waals surface area contributed by atoms with Crippen molar-refractivity contribution in [3.63, 3.8) is 0 Å². The first kappa shape index (κ1) is 17.7. The van der Waals surface area contributed by atoms with E-state index in [4.69, 9.17) is 0 Å². The Hall–Kier alpha value is -1.72. The van der Waals surface area contributed by atoms with Gasteiger partial charge in [0, 0.05) is 19.6 Å². The fourth-order valence-corrected chi connectivity index (χ4v) is 4.58. The molecule has 1 aliphatic carbocycles. The van der Waals surface area contributed by atoms with E-state index in [1.165, 1.54) is 38.6 Å². The minimum atomic E-state index is -0.809. The van der Waals surface area contributed by atoms with Crippen LogP contribution in [0.5, 0.6) is 0 Å². The van der Waals surface area contributed by atoms with Crippen molar-refractivity contribution in [3.05, 3.63) is 40.9 Å². The molecule has 1 saturated heterocycles. The summed E-state index contributed by atoms with van der Waals surface area (Å²) in [4.78, 5) is 19.6. The average Bonchev–Trinajstić information content (AvgIpc) is 2.67. The molecule has 1 N–H and O–H groups in total. The maximum Gasteiger partial charge on any atom is 0.261 e. The first-order chi connectivity index (χ1) is 12.6. The second-order valence-electron chi connectivity index (χ2n) is 8.22. The lowest BCUT2D eigenvalue weighted by Gasteiger charge is -2.40. The van der Waals surface area contributed by atoms with Gasteiger partial charge in [-0.2, -0.15) is 0 Å². The summed E-state index contributed by atoms with van der Waals surface area (Å²) in [7, 11) is 0. The summed E-state index contributed by atoms with van der Waals surface area (Å²) in [6, 6.07) is 7.39. The lowest BCUT2D eigenvalue weighted by atomic mass is 9.87. The molecule has 0 unspecified atom stereocenters. The van der Waals surface area contributed by atoms with Crippen LogP contribution in [0.3, 0.4) is 0 Å². The lowest BCUT2D eigenvalue weighted by Crippen LogP contribution is -2.49. The highest BCUT2D eigenvalue weighted by Crippen LogP contribution is 2.28. The summed E-state index contributed by atoms with van der Waals surface area (Å²) < 4.78 is 1.58. The third kappa shape index (κ3) is 3.84. The number of hydrogen-bond acceptors (Lipinski definition) is 4. The minimum Gasteiger partial charge on any atom is -0.388 e. The zero-order valence-electron chi connectivity index (χ0n) is 15.4. The van der Waals surface area contributed by atoms with Crippen LogP contribution in [0, 0.1) is 5.92 Å². The standard InChI is InChI=1S/C21H29N3O2/c25-20-18-8-4-5-9-19(18)22-16-24(20)15-21(26)10-12-23(13-11-21)14-17-6-2-1-3-7-17/h4-5,8-9,16-17,26H,1-3,6-7,10-15H2. The van der Waals surface area contributed by atoms with Crippen LogP contribution in [0.1, 0.15) is 44.9 Å². The average molecular weight is 355 g/mol. The van der Waals surface area contributed by atoms with Crippen molar-refractivity contribution in [2.45, 2.75) is 57.1 Å². The van der Waals surface area contributed by atoms with E-state index in [0.717, 1.165) is 31.8 Å². The molecule has 5 nitrogen and oxygen atoms in total. The van der Waals surface area contributed by atoms with Crippen LogP contribution in [0.2, 0.25) is 0 Å². The Labute approximate surface area is 154 Å². The molecule has 0 atom stereocenters. The highest BCUT2D eigenvalue weighted by Gasteiger charge is 2.33. The van der Waals surface area contributed by atoms with Crippen LogP contribution in [0.15, 0.2) is 35.4 Å². The molecule has 5 heteroatoms. The molecular formula is C21H29N3O2. The molecule has 2 fully saturated rings. The van der Waals surface area contributed by atoms with E-state index in [1.54, 1.807) is 17.0 Å². The van der Waals surface area contributed by atoms with Crippen molar-refractivity contribution in [2.75, 3.05) is 19.6 Å². The first-order valence-corrected chi connectivity index (χ1v) is 10.0. The van der Waals surface area contributed by atoms with Gasteiger partial charge in [-0.1, -0.05) is 31.4 Å². The fraction of sp³-hybridized carbons (Fsp3) is 0.619. The quantitative estimate of drug-likeness (QED) is 0.916. The van der Waals surface area contributed by atoms with Crippen LogP contribution in [0.25, 0.3) is 10.9 Å². The molecule has 1 aromatic carbocycles. The molecule has 140 valence electrons. The molecule has 26 heavy (non-hydrogen) atoms. The van der Waals surface area contributed by atoms with Gasteiger partial charge in [0.1, 0.15) is 0 Å². The maximum absolute atomic E-state index is 12.7. The number of piperidine rings is 1. The Bertz CT molecular complexity index is 802. The highest BCUT2D eigenvalue weighted by molar-refractivity contribution is 5.76. The number of aromatic nitrogens is 2. The van der Waals surface area contributed by atoms with Crippen LogP contribution < -0.4 is 5.56 Å². The van der Waals surface area contributed by atoms with E-state index >= 15 is 0 Å². The molecule has 4 rings (SSSR count). The Kier molecular flexibility index (Phi) is 5.09. The molecular weight excluding hydrogens is 326 g/mol. The van der Waals surface area contributed by atoms with E-state index in [2.05, 4.69) is 9.88 Å². The minimum absolute atomic E-state index is 0.0614. The van der Waals surface area contributed by atoms with Gasteiger partial charge in [-0.05, 0) is 43.7 Å². The van der Waals surface area contributed by atoms with Crippen LogP contribution in [-0.4, -0.2) is 44.8 Å². The number of aliphatic hydroxyl groups is 1. The van der Waals surface area contributed by atoms with Crippen molar-refractivity contribution >= 4 is 10.9 Å². The van der Waals surface area contributed by atoms with Crippen LogP contribution in [0.4, 0.5) is 0 Å². The van der Waals surface area contributed by atoms with Gasteiger partial charge in [0.15, 0.2) is 0 Å². The van der Waals surface area contributed by atoms with Crippen LogP contribution >= 0.6 is 0 Å². The number of rotatable bonds is 4. The normalized spacial score (nSPS) is 21.9. The van der Waals surface area contributed by atoms with Gasteiger partial charge < -0.3 is 10.0 Å². The van der Waals surface area contributed by atoms with Crippen molar-refractivity contribution < 1.29 is 5.11 Å². The Morgan fingerprint density at radius 3 is 2.62 bits per heavy atom. The molecule has 0 spiro atoms. The van der Waals surface area contributed by atoms with Crippen molar-refractivity contribution in [1.82, 2.24) is 14.5 Å². The Morgan fingerprint density at radius 1 is 1.12 bits per heavy atom. The smallest absolute Gasteiger partial charge is 0.261 e. The topological polar surface area (TPSA) is 58.4 Å². The van der Waals surface area contributed by atoms with Gasteiger partial charge in [-0.3, -0.25) is 9.36 Å². The molecule has 2 heterocycles. The molecule has 1 aliphatic heterocycles. The predicted octanol–water partition coefficient (Wildman–Crippen LogP) is 2.80. The molecule has 0 bridgehead atoms. The van der Waals surface area contributed by atoms with Gasteiger partial charge in [-0.15, -0.1) is 0 Å². The summed E-state index contributed by atoms with van der Waals surface area (Å²) >= 11 is 0. The van der Waals surface area contributed by atoms with Crippen molar-refractivity contribution in [3.8, 4) is 0 Å². The summed E-state index contributed by atoms with van der Waals surface area (Å²) in [5.74, 6) is 0.835. The van der Waals surface area contributed by atoms with Gasteiger partial charge in [0.05, 0.1) is 29.4 Å².